The number of carbonyl (C=O) groups excluding carboxylic acids is 1. The molecule has 102 valence electrons. The Morgan fingerprint density at radius 1 is 1.26 bits per heavy atom. The van der Waals surface area contributed by atoms with Gasteiger partial charge in [-0.2, -0.15) is 0 Å². The summed E-state index contributed by atoms with van der Waals surface area (Å²) in [5.74, 6) is -0.280. The van der Waals surface area contributed by atoms with E-state index < -0.39 is 0 Å². The number of hydrogen-bond donors (Lipinski definition) is 1. The van der Waals surface area contributed by atoms with E-state index in [0.717, 1.165) is 18.4 Å². The lowest BCUT2D eigenvalue weighted by Crippen LogP contribution is -2.26. The molecule has 1 N–H and O–H groups in total. The van der Waals surface area contributed by atoms with Crippen LogP contribution in [0.5, 0.6) is 0 Å². The van der Waals surface area contributed by atoms with Gasteiger partial charge in [-0.3, -0.25) is 9.63 Å². The van der Waals surface area contributed by atoms with E-state index >= 15 is 0 Å². The van der Waals surface area contributed by atoms with Gasteiger partial charge in [0.15, 0.2) is 0 Å². The number of amides is 1. The molecule has 0 spiro atoms. The topological polar surface area (TPSA) is 38.3 Å². The maximum Gasteiger partial charge on any atom is 0.267 e. The maximum absolute atomic E-state index is 11.5. The lowest BCUT2D eigenvalue weighted by atomic mass is 10.2. The number of nitrogens with one attached hydrogen (secondary N) is 1. The number of carbonyl (C=O) groups is 1. The van der Waals surface area contributed by atoms with Crippen LogP contribution in [0.25, 0.3) is 6.08 Å². The molecule has 0 heterocycles. The maximum atomic E-state index is 11.5. The van der Waals surface area contributed by atoms with E-state index in [0.29, 0.717) is 10.0 Å². The quantitative estimate of drug-likeness (QED) is 0.674. The summed E-state index contributed by atoms with van der Waals surface area (Å²) in [5, 5.41) is 0.958. The molecule has 5 heteroatoms. The van der Waals surface area contributed by atoms with Crippen molar-refractivity contribution in [1.29, 1.82) is 0 Å². The van der Waals surface area contributed by atoms with Crippen molar-refractivity contribution in [3.05, 3.63) is 39.9 Å². The van der Waals surface area contributed by atoms with Gasteiger partial charge in [-0.15, -0.1) is 0 Å². The SMILES string of the molecule is O=C(/C=C/c1ccc(Cl)c(Cl)c1)NOC1CCCC1. The van der Waals surface area contributed by atoms with Gasteiger partial charge in [0.05, 0.1) is 16.1 Å². The monoisotopic (exact) mass is 299 g/mol. The predicted molar refractivity (Wildman–Crippen MR) is 77.0 cm³/mol. The molecule has 2 rings (SSSR count). The molecule has 0 aliphatic heterocycles. The molecule has 0 saturated heterocycles. The van der Waals surface area contributed by atoms with Gasteiger partial charge in [0.1, 0.15) is 0 Å². The van der Waals surface area contributed by atoms with Gasteiger partial charge in [0.2, 0.25) is 0 Å². The van der Waals surface area contributed by atoms with Crippen molar-refractivity contribution in [3.8, 4) is 0 Å². The Morgan fingerprint density at radius 3 is 2.68 bits per heavy atom. The highest BCUT2D eigenvalue weighted by Crippen LogP contribution is 2.23. The van der Waals surface area contributed by atoms with Gasteiger partial charge in [0, 0.05) is 6.08 Å². The van der Waals surface area contributed by atoms with E-state index in [2.05, 4.69) is 5.48 Å². The number of hydroxylamine groups is 1. The molecular weight excluding hydrogens is 285 g/mol. The molecule has 0 bridgehead atoms. The number of benzene rings is 1. The van der Waals surface area contributed by atoms with Crippen molar-refractivity contribution >= 4 is 35.2 Å². The van der Waals surface area contributed by atoms with Crippen LogP contribution in [0.2, 0.25) is 10.0 Å². The highest BCUT2D eigenvalue weighted by molar-refractivity contribution is 6.42. The van der Waals surface area contributed by atoms with Crippen LogP contribution in [0.4, 0.5) is 0 Å². The molecule has 1 amide bonds. The Morgan fingerprint density at radius 2 is 2.00 bits per heavy atom. The Hall–Kier alpha value is -1.03. The van der Waals surface area contributed by atoms with Crippen molar-refractivity contribution in [1.82, 2.24) is 5.48 Å². The van der Waals surface area contributed by atoms with Gasteiger partial charge in [-0.1, -0.05) is 42.1 Å². The molecule has 0 aromatic heterocycles. The molecule has 1 fully saturated rings. The predicted octanol–water partition coefficient (Wildman–Crippen LogP) is 4.00. The van der Waals surface area contributed by atoms with E-state index in [9.17, 15) is 4.79 Å². The fourth-order valence-electron chi connectivity index (χ4n) is 1.97. The summed E-state index contributed by atoms with van der Waals surface area (Å²) in [6.45, 7) is 0. The zero-order chi connectivity index (χ0) is 13.7. The first-order chi connectivity index (χ1) is 9.15. The third-order valence-corrected chi connectivity index (χ3v) is 3.74. The normalized spacial score (nSPS) is 16.1. The van der Waals surface area contributed by atoms with Gasteiger partial charge in [-0.25, -0.2) is 5.48 Å². The minimum absolute atomic E-state index is 0.155. The summed E-state index contributed by atoms with van der Waals surface area (Å²) in [6, 6.07) is 5.18. The highest BCUT2D eigenvalue weighted by Gasteiger charge is 2.16. The van der Waals surface area contributed by atoms with E-state index in [-0.39, 0.29) is 12.0 Å². The summed E-state index contributed by atoms with van der Waals surface area (Å²) in [5.41, 5.74) is 3.25. The van der Waals surface area contributed by atoms with E-state index in [4.69, 9.17) is 28.0 Å². The summed E-state index contributed by atoms with van der Waals surface area (Å²) in [7, 11) is 0. The van der Waals surface area contributed by atoms with Crippen molar-refractivity contribution in [2.75, 3.05) is 0 Å². The van der Waals surface area contributed by atoms with Crippen LogP contribution in [0, 0.1) is 0 Å². The van der Waals surface area contributed by atoms with Gasteiger partial charge in [0.25, 0.3) is 5.91 Å². The zero-order valence-corrected chi connectivity index (χ0v) is 11.9. The molecule has 0 unspecified atom stereocenters. The summed E-state index contributed by atoms with van der Waals surface area (Å²) in [4.78, 5) is 16.8. The van der Waals surface area contributed by atoms with Crippen LogP contribution in [-0.4, -0.2) is 12.0 Å². The third kappa shape index (κ3) is 4.53. The fraction of sp³-hybridized carbons (Fsp3) is 0.357. The number of rotatable bonds is 4. The van der Waals surface area contributed by atoms with Crippen molar-refractivity contribution in [3.63, 3.8) is 0 Å². The molecule has 0 atom stereocenters. The van der Waals surface area contributed by atoms with Crippen molar-refractivity contribution in [2.24, 2.45) is 0 Å². The smallest absolute Gasteiger partial charge is 0.267 e. The molecule has 0 radical (unpaired) electrons. The second kappa shape index (κ2) is 6.94. The minimum Gasteiger partial charge on any atom is -0.270 e. The molecule has 3 nitrogen and oxygen atoms in total. The third-order valence-electron chi connectivity index (χ3n) is 3.00. The fourth-order valence-corrected chi connectivity index (χ4v) is 2.28. The van der Waals surface area contributed by atoms with E-state index in [1.807, 2.05) is 0 Å². The van der Waals surface area contributed by atoms with Gasteiger partial charge >= 0.3 is 0 Å². The zero-order valence-electron chi connectivity index (χ0n) is 10.4. The first kappa shape index (κ1) is 14.4. The van der Waals surface area contributed by atoms with Crippen molar-refractivity contribution in [2.45, 2.75) is 31.8 Å². The van der Waals surface area contributed by atoms with E-state index in [1.54, 1.807) is 24.3 Å². The molecule has 1 aromatic rings. The number of hydrogen-bond acceptors (Lipinski definition) is 2. The minimum atomic E-state index is -0.280. The largest absolute Gasteiger partial charge is 0.270 e. The molecule has 1 aromatic carbocycles. The first-order valence-electron chi connectivity index (χ1n) is 6.24. The Balaban J connectivity index is 1.83. The Bertz CT molecular complexity index is 482. The average Bonchev–Trinajstić information content (AvgIpc) is 2.91. The second-order valence-electron chi connectivity index (χ2n) is 4.50. The van der Waals surface area contributed by atoms with Gasteiger partial charge < -0.3 is 0 Å². The Labute approximate surface area is 122 Å². The molecule has 1 saturated carbocycles. The standard InChI is InChI=1S/C14H15Cl2NO2/c15-12-7-5-10(9-13(12)16)6-8-14(18)17-19-11-3-1-2-4-11/h5-9,11H,1-4H2,(H,17,18)/b8-6+. The molecule has 19 heavy (non-hydrogen) atoms. The molecule has 1 aliphatic rings. The Kier molecular flexibility index (Phi) is 5.25. The number of halogens is 2. The van der Waals surface area contributed by atoms with Crippen LogP contribution in [0.1, 0.15) is 31.2 Å². The summed E-state index contributed by atoms with van der Waals surface area (Å²) in [6.07, 6.45) is 7.58. The van der Waals surface area contributed by atoms with Crippen LogP contribution in [0.3, 0.4) is 0 Å². The second-order valence-corrected chi connectivity index (χ2v) is 5.31. The lowest BCUT2D eigenvalue weighted by Gasteiger charge is -2.09. The molecular formula is C14H15Cl2NO2. The lowest BCUT2D eigenvalue weighted by molar-refractivity contribution is -0.132. The highest BCUT2D eigenvalue weighted by atomic mass is 35.5. The van der Waals surface area contributed by atoms with Crippen LogP contribution >= 0.6 is 23.2 Å². The first-order valence-corrected chi connectivity index (χ1v) is 6.99. The molecule has 1 aliphatic carbocycles. The average molecular weight is 300 g/mol. The van der Waals surface area contributed by atoms with E-state index in [1.165, 1.54) is 18.9 Å². The summed E-state index contributed by atoms with van der Waals surface area (Å²) < 4.78 is 0. The van der Waals surface area contributed by atoms with Crippen LogP contribution < -0.4 is 5.48 Å². The summed E-state index contributed by atoms with van der Waals surface area (Å²) >= 11 is 11.7. The van der Waals surface area contributed by atoms with Crippen LogP contribution in [-0.2, 0) is 9.63 Å². The van der Waals surface area contributed by atoms with Gasteiger partial charge in [-0.05, 0) is 36.6 Å². The van der Waals surface area contributed by atoms with Crippen molar-refractivity contribution < 1.29 is 9.63 Å². The van der Waals surface area contributed by atoms with Crippen LogP contribution in [0.15, 0.2) is 24.3 Å².